The Kier molecular flexibility index (Phi) is 5.69. The summed E-state index contributed by atoms with van der Waals surface area (Å²) in [6.45, 7) is 8.13. The largest absolute Gasteiger partial charge is 0.373 e. The first-order valence-corrected chi connectivity index (χ1v) is 10.8. The molecule has 0 radical (unpaired) electrons. The summed E-state index contributed by atoms with van der Waals surface area (Å²) in [7, 11) is -3.58. The quantitative estimate of drug-likeness (QED) is 0.807. The fourth-order valence-electron chi connectivity index (χ4n) is 3.80. The molecule has 1 aromatic carbocycles. The van der Waals surface area contributed by atoms with Crippen LogP contribution in [0.25, 0.3) is 0 Å². The molecule has 144 valence electrons. The van der Waals surface area contributed by atoms with E-state index in [0.29, 0.717) is 24.6 Å². The predicted octanol–water partition coefficient (Wildman–Crippen LogP) is 2.36. The number of carbonyl (C=O) groups excluding carboxylic acids is 1. The number of nitrogens with zero attached hydrogens (tertiary/aromatic N) is 2. The van der Waals surface area contributed by atoms with Crippen LogP contribution in [0.1, 0.15) is 44.0 Å². The van der Waals surface area contributed by atoms with Gasteiger partial charge in [-0.15, -0.1) is 0 Å². The number of hydrogen-bond donors (Lipinski definition) is 0. The highest BCUT2D eigenvalue weighted by Gasteiger charge is 2.32. The number of ether oxygens (including phenoxy) is 1. The Morgan fingerprint density at radius 3 is 2.23 bits per heavy atom. The van der Waals surface area contributed by atoms with Crippen LogP contribution in [-0.4, -0.2) is 61.9 Å². The average molecular weight is 381 g/mol. The van der Waals surface area contributed by atoms with E-state index in [1.807, 2.05) is 18.7 Å². The van der Waals surface area contributed by atoms with Crippen molar-refractivity contribution in [3.8, 4) is 0 Å². The molecule has 0 spiro atoms. The number of sulfonamides is 1. The SMILES string of the molecule is C[C@H]1CCCN(C(=O)c2ccc(S(=O)(=O)N3C[C@@H](C)O[C@H](C)C3)cc2)C1. The van der Waals surface area contributed by atoms with Crippen LogP contribution >= 0.6 is 0 Å². The standard InChI is InChI=1S/C19H28N2O4S/c1-14-5-4-10-20(11-14)19(22)17-6-8-18(9-7-17)26(23,24)21-12-15(2)25-16(3)13-21/h6-9,14-16H,4-5,10-13H2,1-3H3/t14-,15+,16+/m0/s1. The molecule has 0 unspecified atom stereocenters. The molecule has 3 rings (SSSR count). The zero-order valence-electron chi connectivity index (χ0n) is 15.7. The predicted molar refractivity (Wildman–Crippen MR) is 99.5 cm³/mol. The van der Waals surface area contributed by atoms with Gasteiger partial charge in [-0.2, -0.15) is 4.31 Å². The summed E-state index contributed by atoms with van der Waals surface area (Å²) in [4.78, 5) is 14.7. The van der Waals surface area contributed by atoms with Crippen molar-refractivity contribution >= 4 is 15.9 Å². The number of amides is 1. The summed E-state index contributed by atoms with van der Waals surface area (Å²) in [5.74, 6) is 0.492. The first-order valence-electron chi connectivity index (χ1n) is 9.32. The van der Waals surface area contributed by atoms with Crippen molar-refractivity contribution in [3.05, 3.63) is 29.8 Å². The maximum absolute atomic E-state index is 12.9. The minimum Gasteiger partial charge on any atom is -0.373 e. The third-order valence-electron chi connectivity index (χ3n) is 5.07. The molecule has 2 heterocycles. The Morgan fingerprint density at radius 2 is 1.65 bits per heavy atom. The molecule has 0 saturated carbocycles. The Balaban J connectivity index is 1.75. The van der Waals surface area contributed by atoms with Crippen molar-refractivity contribution in [1.29, 1.82) is 0 Å². The topological polar surface area (TPSA) is 66.9 Å². The smallest absolute Gasteiger partial charge is 0.253 e. The molecular weight excluding hydrogens is 352 g/mol. The lowest BCUT2D eigenvalue weighted by Gasteiger charge is -2.34. The molecule has 0 aromatic heterocycles. The van der Waals surface area contributed by atoms with Crippen molar-refractivity contribution in [2.24, 2.45) is 5.92 Å². The van der Waals surface area contributed by atoms with Gasteiger partial charge in [0.25, 0.3) is 5.91 Å². The maximum atomic E-state index is 12.9. The number of piperidine rings is 1. The average Bonchev–Trinajstić information content (AvgIpc) is 2.60. The molecule has 1 amide bonds. The molecule has 3 atom stereocenters. The van der Waals surface area contributed by atoms with E-state index < -0.39 is 10.0 Å². The van der Waals surface area contributed by atoms with Gasteiger partial charge >= 0.3 is 0 Å². The maximum Gasteiger partial charge on any atom is 0.253 e. The fourth-order valence-corrected chi connectivity index (χ4v) is 5.39. The zero-order valence-corrected chi connectivity index (χ0v) is 16.5. The molecule has 26 heavy (non-hydrogen) atoms. The third-order valence-corrected chi connectivity index (χ3v) is 6.92. The summed E-state index contributed by atoms with van der Waals surface area (Å²) in [6, 6.07) is 6.34. The minimum atomic E-state index is -3.58. The number of hydrogen-bond acceptors (Lipinski definition) is 4. The number of carbonyl (C=O) groups is 1. The molecule has 0 aliphatic carbocycles. The number of likely N-dealkylation sites (tertiary alicyclic amines) is 1. The molecule has 7 heteroatoms. The van der Waals surface area contributed by atoms with Crippen LogP contribution in [0, 0.1) is 5.92 Å². The number of rotatable bonds is 3. The second-order valence-electron chi connectivity index (χ2n) is 7.60. The van der Waals surface area contributed by atoms with Gasteiger partial charge in [-0.1, -0.05) is 6.92 Å². The van der Waals surface area contributed by atoms with Gasteiger partial charge in [-0.25, -0.2) is 8.42 Å². The molecule has 2 aliphatic heterocycles. The van der Waals surface area contributed by atoms with E-state index in [2.05, 4.69) is 6.92 Å². The summed E-state index contributed by atoms with van der Waals surface area (Å²) in [5.41, 5.74) is 0.543. The van der Waals surface area contributed by atoms with Crippen molar-refractivity contribution in [2.45, 2.75) is 50.7 Å². The van der Waals surface area contributed by atoms with Gasteiger partial charge in [0.05, 0.1) is 17.1 Å². The van der Waals surface area contributed by atoms with Crippen LogP contribution < -0.4 is 0 Å². The fraction of sp³-hybridized carbons (Fsp3) is 0.632. The van der Waals surface area contributed by atoms with Gasteiger partial charge in [-0.3, -0.25) is 4.79 Å². The molecule has 2 aliphatic rings. The molecule has 0 bridgehead atoms. The summed E-state index contributed by atoms with van der Waals surface area (Å²) in [5, 5.41) is 0. The van der Waals surface area contributed by atoms with Gasteiger partial charge in [-0.05, 0) is 56.9 Å². The van der Waals surface area contributed by atoms with Crippen LogP contribution in [0.2, 0.25) is 0 Å². The van der Waals surface area contributed by atoms with E-state index in [1.54, 1.807) is 24.3 Å². The highest BCUT2D eigenvalue weighted by atomic mass is 32.2. The number of morpholine rings is 1. The van der Waals surface area contributed by atoms with E-state index >= 15 is 0 Å². The Hall–Kier alpha value is -1.44. The second kappa shape index (κ2) is 7.66. The van der Waals surface area contributed by atoms with Gasteiger partial charge in [0.2, 0.25) is 10.0 Å². The zero-order chi connectivity index (χ0) is 18.9. The van der Waals surface area contributed by atoms with Crippen molar-refractivity contribution in [3.63, 3.8) is 0 Å². The molecule has 6 nitrogen and oxygen atoms in total. The third kappa shape index (κ3) is 4.10. The van der Waals surface area contributed by atoms with Crippen LogP contribution in [0.3, 0.4) is 0 Å². The molecular formula is C19H28N2O4S. The Morgan fingerprint density at radius 1 is 1.04 bits per heavy atom. The van der Waals surface area contributed by atoms with Crippen LogP contribution in [-0.2, 0) is 14.8 Å². The van der Waals surface area contributed by atoms with E-state index in [0.717, 1.165) is 25.9 Å². The Labute approximate surface area is 156 Å². The minimum absolute atomic E-state index is 0.0193. The van der Waals surface area contributed by atoms with E-state index in [-0.39, 0.29) is 23.0 Å². The first kappa shape index (κ1) is 19.3. The van der Waals surface area contributed by atoms with Gasteiger partial charge in [0.15, 0.2) is 0 Å². The van der Waals surface area contributed by atoms with Crippen molar-refractivity contribution < 1.29 is 17.9 Å². The van der Waals surface area contributed by atoms with E-state index in [4.69, 9.17) is 4.74 Å². The number of benzene rings is 1. The molecule has 0 N–H and O–H groups in total. The highest BCUT2D eigenvalue weighted by Crippen LogP contribution is 2.23. The lowest BCUT2D eigenvalue weighted by Crippen LogP contribution is -2.48. The van der Waals surface area contributed by atoms with Gasteiger partial charge in [0, 0.05) is 31.7 Å². The summed E-state index contributed by atoms with van der Waals surface area (Å²) >= 11 is 0. The lowest BCUT2D eigenvalue weighted by molar-refractivity contribution is -0.0440. The molecule has 2 saturated heterocycles. The Bertz CT molecular complexity index is 737. The monoisotopic (exact) mass is 380 g/mol. The van der Waals surface area contributed by atoms with Crippen LogP contribution in [0.15, 0.2) is 29.2 Å². The highest BCUT2D eigenvalue weighted by molar-refractivity contribution is 7.89. The first-order chi connectivity index (χ1) is 12.3. The summed E-state index contributed by atoms with van der Waals surface area (Å²) < 4.78 is 32.8. The summed E-state index contributed by atoms with van der Waals surface area (Å²) in [6.07, 6.45) is 1.91. The second-order valence-corrected chi connectivity index (χ2v) is 9.54. The molecule has 1 aromatic rings. The normalized spacial score (nSPS) is 28.1. The van der Waals surface area contributed by atoms with E-state index in [1.165, 1.54) is 4.31 Å². The van der Waals surface area contributed by atoms with Gasteiger partial charge in [0.1, 0.15) is 0 Å². The van der Waals surface area contributed by atoms with Gasteiger partial charge < -0.3 is 9.64 Å². The van der Waals surface area contributed by atoms with Crippen molar-refractivity contribution in [2.75, 3.05) is 26.2 Å². The van der Waals surface area contributed by atoms with Crippen LogP contribution in [0.4, 0.5) is 0 Å². The lowest BCUT2D eigenvalue weighted by atomic mass is 9.99. The van der Waals surface area contributed by atoms with Crippen LogP contribution in [0.5, 0.6) is 0 Å². The van der Waals surface area contributed by atoms with E-state index in [9.17, 15) is 13.2 Å². The molecule has 2 fully saturated rings. The van der Waals surface area contributed by atoms with Crippen molar-refractivity contribution in [1.82, 2.24) is 9.21 Å².